The van der Waals surface area contributed by atoms with Gasteiger partial charge in [0.15, 0.2) is 17.9 Å². The molecule has 0 aromatic carbocycles. The Kier molecular flexibility index (Phi) is 3.12. The fraction of sp³-hybridized carbons (Fsp3) is 0.882. The number of hydrogen-bond donors (Lipinski definition) is 0. The van der Waals surface area contributed by atoms with E-state index in [4.69, 9.17) is 23.7 Å². The second kappa shape index (κ2) is 4.54. The van der Waals surface area contributed by atoms with E-state index in [1.807, 2.05) is 27.7 Å². The van der Waals surface area contributed by atoms with Crippen LogP contribution in [-0.4, -0.2) is 42.8 Å². The highest BCUT2D eigenvalue weighted by molar-refractivity contribution is 5.21. The average molecular weight is 310 g/mol. The Morgan fingerprint density at radius 3 is 2.36 bits per heavy atom. The van der Waals surface area contributed by atoms with Gasteiger partial charge in [-0.1, -0.05) is 11.6 Å². The topological polar surface area (TPSA) is 46.2 Å². The first-order chi connectivity index (χ1) is 10.2. The van der Waals surface area contributed by atoms with Crippen LogP contribution >= 0.6 is 0 Å². The van der Waals surface area contributed by atoms with Gasteiger partial charge in [-0.05, 0) is 47.5 Å². The molecule has 3 fully saturated rings. The molecule has 0 bridgehead atoms. The molecule has 5 nitrogen and oxygen atoms in total. The van der Waals surface area contributed by atoms with Crippen molar-refractivity contribution in [2.75, 3.05) is 6.61 Å². The summed E-state index contributed by atoms with van der Waals surface area (Å²) in [5, 5.41) is 0. The molecule has 124 valence electrons. The zero-order valence-electron chi connectivity index (χ0n) is 14.0. The van der Waals surface area contributed by atoms with Crippen LogP contribution in [0.25, 0.3) is 0 Å². The van der Waals surface area contributed by atoms with Gasteiger partial charge in [-0.3, -0.25) is 0 Å². The second-order valence-electron chi connectivity index (χ2n) is 8.01. The molecular formula is C17H26O5. The van der Waals surface area contributed by atoms with E-state index in [9.17, 15) is 0 Å². The molecule has 4 rings (SSSR count). The van der Waals surface area contributed by atoms with Crippen molar-refractivity contribution >= 4 is 0 Å². The molecule has 0 amide bonds. The smallest absolute Gasteiger partial charge is 0.188 e. The summed E-state index contributed by atoms with van der Waals surface area (Å²) in [6.45, 7) is 10.5. The highest BCUT2D eigenvalue weighted by Gasteiger charge is 2.66. The molecule has 3 saturated heterocycles. The van der Waals surface area contributed by atoms with Gasteiger partial charge in [0.05, 0.1) is 12.7 Å². The summed E-state index contributed by atoms with van der Waals surface area (Å²) in [4.78, 5) is 0. The number of rotatable bonds is 1. The van der Waals surface area contributed by atoms with Crippen molar-refractivity contribution in [2.45, 2.75) is 83.6 Å². The van der Waals surface area contributed by atoms with Crippen molar-refractivity contribution in [2.24, 2.45) is 5.41 Å². The molecule has 0 N–H and O–H groups in total. The van der Waals surface area contributed by atoms with E-state index in [-0.39, 0.29) is 30.0 Å². The lowest BCUT2D eigenvalue weighted by Crippen LogP contribution is -2.47. The Hall–Kier alpha value is -0.460. The van der Waals surface area contributed by atoms with Crippen molar-refractivity contribution < 1.29 is 23.7 Å². The Morgan fingerprint density at radius 2 is 1.77 bits per heavy atom. The normalized spacial score (nSPS) is 48.9. The molecule has 3 aliphatic heterocycles. The molecule has 3 heterocycles. The lowest BCUT2D eigenvalue weighted by atomic mass is 9.73. The molecule has 22 heavy (non-hydrogen) atoms. The van der Waals surface area contributed by atoms with Crippen molar-refractivity contribution in [3.05, 3.63) is 11.6 Å². The van der Waals surface area contributed by atoms with Crippen LogP contribution < -0.4 is 0 Å². The predicted molar refractivity (Wildman–Crippen MR) is 79.0 cm³/mol. The van der Waals surface area contributed by atoms with Crippen LogP contribution in [0.3, 0.4) is 0 Å². The van der Waals surface area contributed by atoms with Gasteiger partial charge in [-0.15, -0.1) is 0 Å². The van der Waals surface area contributed by atoms with Gasteiger partial charge in [0.1, 0.15) is 12.2 Å². The van der Waals surface area contributed by atoms with Crippen LogP contribution in [0.15, 0.2) is 11.6 Å². The first-order valence-electron chi connectivity index (χ1n) is 8.19. The zero-order valence-corrected chi connectivity index (χ0v) is 14.0. The van der Waals surface area contributed by atoms with E-state index in [0.717, 1.165) is 12.8 Å². The molecule has 0 aromatic rings. The number of hydrogen-bond acceptors (Lipinski definition) is 5. The third-order valence-corrected chi connectivity index (χ3v) is 5.28. The molecule has 4 aliphatic rings. The summed E-state index contributed by atoms with van der Waals surface area (Å²) in [5.74, 6) is -1.13. The summed E-state index contributed by atoms with van der Waals surface area (Å²) in [7, 11) is 0. The SMILES string of the molecule is CC1=CC[C@]2(C1)[C@@H]([C@H]1COC(C)(C)O1)O[C@@H]1OC(C)(C)O[C@@H]12. The Balaban J connectivity index is 1.63. The summed E-state index contributed by atoms with van der Waals surface area (Å²) < 4.78 is 30.3. The van der Waals surface area contributed by atoms with Crippen molar-refractivity contribution in [3.8, 4) is 0 Å². The van der Waals surface area contributed by atoms with Crippen LogP contribution in [0.1, 0.15) is 47.5 Å². The minimum Gasteiger partial charge on any atom is -0.348 e. The van der Waals surface area contributed by atoms with Crippen LogP contribution in [0.2, 0.25) is 0 Å². The summed E-state index contributed by atoms with van der Waals surface area (Å²) in [6.07, 6.45) is 3.72. The molecular weight excluding hydrogens is 284 g/mol. The minimum atomic E-state index is -0.587. The lowest BCUT2D eigenvalue weighted by Gasteiger charge is -2.37. The molecule has 5 heteroatoms. The zero-order chi connectivity index (χ0) is 15.8. The highest BCUT2D eigenvalue weighted by Crippen LogP contribution is 2.57. The first-order valence-corrected chi connectivity index (χ1v) is 8.19. The van der Waals surface area contributed by atoms with Crippen LogP contribution in [0.4, 0.5) is 0 Å². The molecule has 5 atom stereocenters. The van der Waals surface area contributed by atoms with E-state index in [1.165, 1.54) is 5.57 Å². The summed E-state index contributed by atoms with van der Waals surface area (Å²) >= 11 is 0. The van der Waals surface area contributed by atoms with Crippen LogP contribution in [-0.2, 0) is 23.7 Å². The van der Waals surface area contributed by atoms with Gasteiger partial charge in [-0.25, -0.2) is 0 Å². The minimum absolute atomic E-state index is 0.0477. The van der Waals surface area contributed by atoms with Gasteiger partial charge < -0.3 is 23.7 Å². The molecule has 0 unspecified atom stereocenters. The molecule has 0 saturated carbocycles. The van der Waals surface area contributed by atoms with E-state index in [1.54, 1.807) is 0 Å². The van der Waals surface area contributed by atoms with Crippen molar-refractivity contribution in [1.29, 1.82) is 0 Å². The predicted octanol–water partition coefficient (Wildman–Crippen LogP) is 2.74. The van der Waals surface area contributed by atoms with Gasteiger partial charge in [-0.2, -0.15) is 0 Å². The van der Waals surface area contributed by atoms with E-state index >= 15 is 0 Å². The van der Waals surface area contributed by atoms with E-state index < -0.39 is 11.6 Å². The lowest BCUT2D eigenvalue weighted by molar-refractivity contribution is -0.236. The van der Waals surface area contributed by atoms with E-state index in [2.05, 4.69) is 13.0 Å². The Bertz CT molecular complexity index is 511. The van der Waals surface area contributed by atoms with Crippen LogP contribution in [0, 0.1) is 5.41 Å². The van der Waals surface area contributed by atoms with Gasteiger partial charge >= 0.3 is 0 Å². The fourth-order valence-corrected chi connectivity index (χ4v) is 4.44. The monoisotopic (exact) mass is 310 g/mol. The average Bonchev–Trinajstić information content (AvgIpc) is 3.07. The molecule has 0 aromatic heterocycles. The van der Waals surface area contributed by atoms with E-state index in [0.29, 0.717) is 6.61 Å². The molecule has 1 spiro atoms. The van der Waals surface area contributed by atoms with Gasteiger partial charge in [0.2, 0.25) is 0 Å². The third kappa shape index (κ3) is 2.18. The standard InChI is InChI=1S/C17H26O5/c1-10-6-7-17(8-10)12(11-9-18-15(2,3)20-11)19-14-13(17)21-16(4,5)22-14/h6,11-14H,7-9H2,1-5H3/t11-,12-,13+,14-,17+/m1/s1. The maximum Gasteiger partial charge on any atom is 0.188 e. The maximum atomic E-state index is 6.30. The second-order valence-corrected chi connectivity index (χ2v) is 8.01. The summed E-state index contributed by atoms with van der Waals surface area (Å²) in [5.41, 5.74) is 1.29. The van der Waals surface area contributed by atoms with Crippen LogP contribution in [0.5, 0.6) is 0 Å². The quantitative estimate of drug-likeness (QED) is 0.697. The highest BCUT2D eigenvalue weighted by atomic mass is 16.8. The number of ether oxygens (including phenoxy) is 5. The number of fused-ring (bicyclic) bond motifs is 2. The first kappa shape index (κ1) is 15.1. The third-order valence-electron chi connectivity index (χ3n) is 5.28. The fourth-order valence-electron chi connectivity index (χ4n) is 4.44. The molecule has 1 aliphatic carbocycles. The largest absolute Gasteiger partial charge is 0.348 e. The van der Waals surface area contributed by atoms with Crippen molar-refractivity contribution in [3.63, 3.8) is 0 Å². The van der Waals surface area contributed by atoms with Gasteiger partial charge in [0.25, 0.3) is 0 Å². The molecule has 0 radical (unpaired) electrons. The van der Waals surface area contributed by atoms with Gasteiger partial charge in [0, 0.05) is 5.41 Å². The Morgan fingerprint density at radius 1 is 1.00 bits per heavy atom. The summed E-state index contributed by atoms with van der Waals surface area (Å²) in [6, 6.07) is 0. The maximum absolute atomic E-state index is 6.30. The van der Waals surface area contributed by atoms with Crippen molar-refractivity contribution in [1.82, 2.24) is 0 Å². The Labute approximate surface area is 131 Å². The number of allylic oxidation sites excluding steroid dienone is 2.